The molecule has 0 aromatic rings. The molecule has 0 radical (unpaired) electrons. The fourth-order valence-corrected chi connectivity index (χ4v) is 2.93. The van der Waals surface area contributed by atoms with Crippen LogP contribution in [0.1, 0.15) is 46.5 Å². The van der Waals surface area contributed by atoms with E-state index in [4.69, 9.17) is 0 Å². The van der Waals surface area contributed by atoms with Crippen molar-refractivity contribution in [3.05, 3.63) is 0 Å². The van der Waals surface area contributed by atoms with E-state index in [1.807, 2.05) is 0 Å². The number of hydrogen-bond acceptors (Lipinski definition) is 3. The molecule has 1 aliphatic carbocycles. The molecule has 0 aromatic carbocycles. The molecule has 1 heterocycles. The van der Waals surface area contributed by atoms with Gasteiger partial charge in [0.15, 0.2) is 0 Å². The number of rotatable bonds is 7. The first kappa shape index (κ1) is 13.8. The first-order valence-electron chi connectivity index (χ1n) is 7.48. The zero-order chi connectivity index (χ0) is 13.2. The molecule has 1 unspecified atom stereocenters. The summed E-state index contributed by atoms with van der Waals surface area (Å²) in [6.07, 6.45) is 4.52. The van der Waals surface area contributed by atoms with E-state index < -0.39 is 0 Å². The molecule has 4 nitrogen and oxygen atoms in total. The van der Waals surface area contributed by atoms with Gasteiger partial charge in [0.05, 0.1) is 11.7 Å². The minimum Gasteiger partial charge on any atom is -0.324 e. The lowest BCUT2D eigenvalue weighted by Gasteiger charge is -2.27. The van der Waals surface area contributed by atoms with Crippen LogP contribution >= 0.6 is 0 Å². The van der Waals surface area contributed by atoms with E-state index in [0.29, 0.717) is 5.91 Å². The second-order valence-corrected chi connectivity index (χ2v) is 5.58. The minimum absolute atomic E-state index is 0.150. The molecule has 1 amide bonds. The van der Waals surface area contributed by atoms with E-state index in [1.54, 1.807) is 0 Å². The Kier molecular flexibility index (Phi) is 4.28. The number of carbonyl (C=O) groups excluding carboxylic acids is 1. The summed E-state index contributed by atoms with van der Waals surface area (Å²) in [6.45, 7) is 10.6. The van der Waals surface area contributed by atoms with Gasteiger partial charge >= 0.3 is 0 Å². The van der Waals surface area contributed by atoms with E-state index in [2.05, 4.69) is 35.9 Å². The van der Waals surface area contributed by atoms with Gasteiger partial charge in [0.2, 0.25) is 5.91 Å². The lowest BCUT2D eigenvalue weighted by atomic mass is 10.3. The SMILES string of the molecule is CCCN(CC)CCN1C(=O)C2(CC2)NC1CC. The Labute approximate surface area is 111 Å². The van der Waals surface area contributed by atoms with Crippen LogP contribution in [0.4, 0.5) is 0 Å². The standard InChI is InChI=1S/C14H27N3O/c1-4-9-16(6-3)10-11-17-12(5-2)15-14(7-8-14)13(17)18/h12,15H,4-11H2,1-3H3. The van der Waals surface area contributed by atoms with Crippen LogP contribution in [-0.4, -0.2) is 53.6 Å². The zero-order valence-electron chi connectivity index (χ0n) is 12.0. The number of carbonyl (C=O) groups is 1. The highest BCUT2D eigenvalue weighted by Gasteiger charge is 2.58. The van der Waals surface area contributed by atoms with Gasteiger partial charge in [-0.2, -0.15) is 0 Å². The molecule has 2 rings (SSSR count). The molecule has 0 bridgehead atoms. The highest BCUT2D eigenvalue weighted by molar-refractivity contribution is 5.91. The van der Waals surface area contributed by atoms with Crippen LogP contribution in [0.5, 0.6) is 0 Å². The Morgan fingerprint density at radius 3 is 2.56 bits per heavy atom. The molecule has 1 spiro atoms. The van der Waals surface area contributed by atoms with Crippen molar-refractivity contribution in [1.29, 1.82) is 0 Å². The van der Waals surface area contributed by atoms with Crippen molar-refractivity contribution < 1.29 is 4.79 Å². The summed E-state index contributed by atoms with van der Waals surface area (Å²) in [4.78, 5) is 16.9. The Morgan fingerprint density at radius 1 is 1.33 bits per heavy atom. The van der Waals surface area contributed by atoms with Crippen molar-refractivity contribution in [3.8, 4) is 0 Å². The Morgan fingerprint density at radius 2 is 2.06 bits per heavy atom. The third-order valence-electron chi connectivity index (χ3n) is 4.27. The van der Waals surface area contributed by atoms with Crippen LogP contribution in [0, 0.1) is 0 Å². The highest BCUT2D eigenvalue weighted by Crippen LogP contribution is 2.42. The molecule has 1 N–H and O–H groups in total. The molecule has 1 aliphatic heterocycles. The Hall–Kier alpha value is -0.610. The topological polar surface area (TPSA) is 35.6 Å². The molecular weight excluding hydrogens is 226 g/mol. The quantitative estimate of drug-likeness (QED) is 0.745. The summed E-state index contributed by atoms with van der Waals surface area (Å²) in [5, 5.41) is 3.52. The Balaban J connectivity index is 1.89. The molecule has 1 atom stereocenters. The maximum absolute atomic E-state index is 12.4. The monoisotopic (exact) mass is 253 g/mol. The van der Waals surface area contributed by atoms with Gasteiger partial charge in [-0.25, -0.2) is 0 Å². The number of nitrogens with zero attached hydrogens (tertiary/aromatic N) is 2. The average molecular weight is 253 g/mol. The van der Waals surface area contributed by atoms with Crippen LogP contribution in [-0.2, 0) is 4.79 Å². The molecule has 0 aromatic heterocycles. The zero-order valence-corrected chi connectivity index (χ0v) is 12.0. The fraction of sp³-hybridized carbons (Fsp3) is 0.929. The fourth-order valence-electron chi connectivity index (χ4n) is 2.93. The third kappa shape index (κ3) is 2.54. The summed E-state index contributed by atoms with van der Waals surface area (Å²) in [5.74, 6) is 0.349. The minimum atomic E-state index is -0.150. The smallest absolute Gasteiger partial charge is 0.244 e. The average Bonchev–Trinajstić information content (AvgIpc) is 3.11. The number of amides is 1. The first-order valence-corrected chi connectivity index (χ1v) is 7.48. The Bertz CT molecular complexity index is 301. The van der Waals surface area contributed by atoms with Crippen molar-refractivity contribution in [2.45, 2.75) is 58.2 Å². The predicted octanol–water partition coefficient (Wildman–Crippen LogP) is 1.42. The van der Waals surface area contributed by atoms with Crippen LogP contribution < -0.4 is 5.32 Å². The van der Waals surface area contributed by atoms with Crippen LogP contribution in [0.25, 0.3) is 0 Å². The van der Waals surface area contributed by atoms with Gasteiger partial charge in [0, 0.05) is 13.1 Å². The summed E-state index contributed by atoms with van der Waals surface area (Å²) >= 11 is 0. The van der Waals surface area contributed by atoms with Gasteiger partial charge in [-0.05, 0) is 38.8 Å². The number of likely N-dealkylation sites (N-methyl/N-ethyl adjacent to an activating group) is 1. The largest absolute Gasteiger partial charge is 0.324 e. The van der Waals surface area contributed by atoms with Crippen molar-refractivity contribution in [3.63, 3.8) is 0 Å². The lowest BCUT2D eigenvalue weighted by Crippen LogP contribution is -2.42. The highest BCUT2D eigenvalue weighted by atomic mass is 16.2. The summed E-state index contributed by atoms with van der Waals surface area (Å²) in [5.41, 5.74) is -0.150. The van der Waals surface area contributed by atoms with E-state index in [-0.39, 0.29) is 11.7 Å². The van der Waals surface area contributed by atoms with Crippen LogP contribution in [0.15, 0.2) is 0 Å². The maximum atomic E-state index is 12.4. The molecule has 1 saturated carbocycles. The summed E-state index contributed by atoms with van der Waals surface area (Å²) in [6, 6.07) is 0. The normalized spacial score (nSPS) is 25.4. The van der Waals surface area contributed by atoms with Gasteiger partial charge < -0.3 is 9.80 Å². The molecule has 2 aliphatic rings. The molecular formula is C14H27N3O. The molecule has 18 heavy (non-hydrogen) atoms. The van der Waals surface area contributed by atoms with Gasteiger partial charge in [-0.3, -0.25) is 10.1 Å². The van der Waals surface area contributed by atoms with Gasteiger partial charge in [-0.15, -0.1) is 0 Å². The maximum Gasteiger partial charge on any atom is 0.244 e. The second kappa shape index (κ2) is 5.57. The third-order valence-corrected chi connectivity index (χ3v) is 4.27. The van der Waals surface area contributed by atoms with Gasteiger partial charge in [0.1, 0.15) is 0 Å². The summed E-state index contributed by atoms with van der Waals surface area (Å²) < 4.78 is 0. The number of nitrogens with one attached hydrogen (secondary N) is 1. The van der Waals surface area contributed by atoms with Gasteiger partial charge in [-0.1, -0.05) is 20.8 Å². The van der Waals surface area contributed by atoms with E-state index in [9.17, 15) is 4.79 Å². The van der Waals surface area contributed by atoms with E-state index in [0.717, 1.165) is 45.4 Å². The van der Waals surface area contributed by atoms with Crippen molar-refractivity contribution in [2.75, 3.05) is 26.2 Å². The van der Waals surface area contributed by atoms with Crippen molar-refractivity contribution >= 4 is 5.91 Å². The molecule has 1 saturated heterocycles. The van der Waals surface area contributed by atoms with Crippen molar-refractivity contribution in [1.82, 2.24) is 15.1 Å². The molecule has 2 fully saturated rings. The van der Waals surface area contributed by atoms with Crippen LogP contribution in [0.2, 0.25) is 0 Å². The van der Waals surface area contributed by atoms with Gasteiger partial charge in [0.25, 0.3) is 0 Å². The first-order chi connectivity index (χ1) is 8.66. The second-order valence-electron chi connectivity index (χ2n) is 5.58. The van der Waals surface area contributed by atoms with Crippen molar-refractivity contribution in [2.24, 2.45) is 0 Å². The van der Waals surface area contributed by atoms with E-state index >= 15 is 0 Å². The predicted molar refractivity (Wildman–Crippen MR) is 73.3 cm³/mol. The van der Waals surface area contributed by atoms with E-state index in [1.165, 1.54) is 6.42 Å². The van der Waals surface area contributed by atoms with Crippen LogP contribution in [0.3, 0.4) is 0 Å². The summed E-state index contributed by atoms with van der Waals surface area (Å²) in [7, 11) is 0. The lowest BCUT2D eigenvalue weighted by molar-refractivity contribution is -0.131. The molecule has 104 valence electrons. The number of hydrogen-bond donors (Lipinski definition) is 1. The molecule has 4 heteroatoms.